The molecular formula is C20H23NO2. The Balaban J connectivity index is 1.88. The lowest BCUT2D eigenvalue weighted by Gasteiger charge is -2.27. The standard InChI is InChI=1S/C20H23NO2/c1-20(2,3)23-19(22)18-17-12-8-7-11-16(17)14-21(18)13-15-9-5-4-6-10-15/h4-12,18H,13-14H2,1-3H3/t18-/m1/s1. The third-order valence-corrected chi connectivity index (χ3v) is 3.95. The number of esters is 1. The van der Waals surface area contributed by atoms with E-state index in [9.17, 15) is 4.79 Å². The van der Waals surface area contributed by atoms with E-state index in [0.717, 1.165) is 18.7 Å². The molecule has 0 bridgehead atoms. The molecule has 0 aliphatic carbocycles. The highest BCUT2D eigenvalue weighted by molar-refractivity contribution is 5.79. The van der Waals surface area contributed by atoms with Gasteiger partial charge in [-0.25, -0.2) is 4.79 Å². The van der Waals surface area contributed by atoms with Gasteiger partial charge in [0.05, 0.1) is 0 Å². The summed E-state index contributed by atoms with van der Waals surface area (Å²) in [5, 5.41) is 0. The molecule has 3 heteroatoms. The Morgan fingerprint density at radius 2 is 1.74 bits per heavy atom. The molecule has 0 spiro atoms. The molecule has 3 nitrogen and oxygen atoms in total. The topological polar surface area (TPSA) is 29.5 Å². The minimum atomic E-state index is -0.479. The van der Waals surface area contributed by atoms with Crippen molar-refractivity contribution >= 4 is 5.97 Å². The Morgan fingerprint density at radius 3 is 2.43 bits per heavy atom. The van der Waals surface area contributed by atoms with E-state index in [0.29, 0.717) is 0 Å². The van der Waals surface area contributed by atoms with Gasteiger partial charge in [-0.1, -0.05) is 54.6 Å². The fourth-order valence-corrected chi connectivity index (χ4v) is 3.05. The lowest BCUT2D eigenvalue weighted by molar-refractivity contribution is -0.161. The number of hydrogen-bond acceptors (Lipinski definition) is 3. The van der Waals surface area contributed by atoms with Crippen molar-refractivity contribution in [2.45, 2.75) is 45.5 Å². The average molecular weight is 309 g/mol. The fraction of sp³-hybridized carbons (Fsp3) is 0.350. The molecule has 0 unspecified atom stereocenters. The van der Waals surface area contributed by atoms with Crippen molar-refractivity contribution in [3.8, 4) is 0 Å². The number of fused-ring (bicyclic) bond motifs is 1. The highest BCUT2D eigenvalue weighted by Crippen LogP contribution is 2.36. The molecule has 2 aromatic rings. The van der Waals surface area contributed by atoms with Crippen LogP contribution >= 0.6 is 0 Å². The summed E-state index contributed by atoms with van der Waals surface area (Å²) in [7, 11) is 0. The normalized spacial score (nSPS) is 17.8. The van der Waals surface area contributed by atoms with E-state index in [1.54, 1.807) is 0 Å². The van der Waals surface area contributed by atoms with Crippen LogP contribution in [0.4, 0.5) is 0 Å². The molecule has 0 amide bonds. The summed E-state index contributed by atoms with van der Waals surface area (Å²) >= 11 is 0. The Labute approximate surface area is 137 Å². The Kier molecular flexibility index (Phi) is 4.22. The van der Waals surface area contributed by atoms with Crippen LogP contribution in [-0.4, -0.2) is 16.5 Å². The van der Waals surface area contributed by atoms with Crippen LogP contribution < -0.4 is 0 Å². The SMILES string of the molecule is CC(C)(C)OC(=O)[C@H]1c2ccccc2CN1Cc1ccccc1. The summed E-state index contributed by atoms with van der Waals surface area (Å²) in [5.41, 5.74) is 3.00. The first-order chi connectivity index (χ1) is 10.9. The third-order valence-electron chi connectivity index (χ3n) is 3.95. The molecule has 0 radical (unpaired) electrons. The number of carbonyl (C=O) groups is 1. The number of nitrogens with zero attached hydrogens (tertiary/aromatic N) is 1. The van der Waals surface area contributed by atoms with Crippen LogP contribution in [0.3, 0.4) is 0 Å². The molecule has 0 fully saturated rings. The van der Waals surface area contributed by atoms with Crippen LogP contribution in [0.1, 0.15) is 43.5 Å². The smallest absolute Gasteiger partial charge is 0.328 e. The van der Waals surface area contributed by atoms with Gasteiger partial charge >= 0.3 is 5.97 Å². The molecule has 1 heterocycles. The molecule has 120 valence electrons. The molecular weight excluding hydrogens is 286 g/mol. The molecule has 0 aromatic heterocycles. The van der Waals surface area contributed by atoms with E-state index in [2.05, 4.69) is 23.1 Å². The van der Waals surface area contributed by atoms with Crippen LogP contribution in [0.25, 0.3) is 0 Å². The predicted molar refractivity (Wildman–Crippen MR) is 90.7 cm³/mol. The quantitative estimate of drug-likeness (QED) is 0.800. The first-order valence-corrected chi connectivity index (χ1v) is 8.03. The van der Waals surface area contributed by atoms with Gasteiger partial charge in [0.2, 0.25) is 0 Å². The van der Waals surface area contributed by atoms with Crippen molar-refractivity contribution in [1.29, 1.82) is 0 Å². The third kappa shape index (κ3) is 3.62. The highest BCUT2D eigenvalue weighted by atomic mass is 16.6. The molecule has 1 aliphatic rings. The summed E-state index contributed by atoms with van der Waals surface area (Å²) in [6.07, 6.45) is 0. The second-order valence-electron chi connectivity index (χ2n) is 7.03. The minimum Gasteiger partial charge on any atom is -0.459 e. The molecule has 3 rings (SSSR count). The van der Waals surface area contributed by atoms with Gasteiger partial charge in [0.1, 0.15) is 11.6 Å². The van der Waals surface area contributed by atoms with E-state index >= 15 is 0 Å². The van der Waals surface area contributed by atoms with Crippen molar-refractivity contribution in [2.75, 3.05) is 0 Å². The Bertz CT molecular complexity index is 688. The molecule has 1 aliphatic heterocycles. The van der Waals surface area contributed by atoms with Gasteiger partial charge in [0, 0.05) is 13.1 Å². The lowest BCUT2D eigenvalue weighted by Crippen LogP contribution is -2.34. The molecule has 0 saturated carbocycles. The minimum absolute atomic E-state index is 0.168. The number of hydrogen-bond donors (Lipinski definition) is 0. The maximum atomic E-state index is 12.8. The second-order valence-corrected chi connectivity index (χ2v) is 7.03. The zero-order valence-electron chi connectivity index (χ0n) is 14.0. The van der Waals surface area contributed by atoms with Gasteiger partial charge in [0.15, 0.2) is 0 Å². The van der Waals surface area contributed by atoms with E-state index in [4.69, 9.17) is 4.74 Å². The molecule has 0 N–H and O–H groups in total. The summed E-state index contributed by atoms with van der Waals surface area (Å²) in [4.78, 5) is 14.9. The number of carbonyl (C=O) groups excluding carboxylic acids is 1. The van der Waals surface area contributed by atoms with Crippen molar-refractivity contribution < 1.29 is 9.53 Å². The summed E-state index contributed by atoms with van der Waals surface area (Å²) in [6.45, 7) is 7.24. The van der Waals surface area contributed by atoms with Gasteiger partial charge in [-0.05, 0) is 37.5 Å². The van der Waals surface area contributed by atoms with Crippen LogP contribution in [0.15, 0.2) is 54.6 Å². The first kappa shape index (κ1) is 15.8. The summed E-state index contributed by atoms with van der Waals surface area (Å²) in [6, 6.07) is 18.1. The predicted octanol–water partition coefficient (Wildman–Crippen LogP) is 4.09. The van der Waals surface area contributed by atoms with Gasteiger partial charge in [-0.15, -0.1) is 0 Å². The van der Waals surface area contributed by atoms with Crippen molar-refractivity contribution in [2.24, 2.45) is 0 Å². The largest absolute Gasteiger partial charge is 0.459 e. The van der Waals surface area contributed by atoms with Crippen LogP contribution in [-0.2, 0) is 22.6 Å². The zero-order valence-corrected chi connectivity index (χ0v) is 14.0. The van der Waals surface area contributed by atoms with E-state index in [-0.39, 0.29) is 12.0 Å². The molecule has 1 atom stereocenters. The monoisotopic (exact) mass is 309 g/mol. The van der Waals surface area contributed by atoms with Gasteiger partial charge < -0.3 is 4.74 Å². The van der Waals surface area contributed by atoms with Crippen LogP contribution in [0, 0.1) is 0 Å². The number of ether oxygens (including phenoxy) is 1. The number of benzene rings is 2. The van der Waals surface area contributed by atoms with Crippen LogP contribution in [0.5, 0.6) is 0 Å². The molecule has 2 aromatic carbocycles. The lowest BCUT2D eigenvalue weighted by atomic mass is 10.0. The highest BCUT2D eigenvalue weighted by Gasteiger charge is 2.37. The average Bonchev–Trinajstić information content (AvgIpc) is 2.84. The van der Waals surface area contributed by atoms with Gasteiger partial charge in [-0.2, -0.15) is 0 Å². The summed E-state index contributed by atoms with van der Waals surface area (Å²) < 4.78 is 5.67. The van der Waals surface area contributed by atoms with E-state index in [1.807, 2.05) is 57.2 Å². The van der Waals surface area contributed by atoms with Gasteiger partial charge in [-0.3, -0.25) is 4.90 Å². The second kappa shape index (κ2) is 6.17. The maximum Gasteiger partial charge on any atom is 0.328 e. The summed E-state index contributed by atoms with van der Waals surface area (Å²) in [5.74, 6) is -0.168. The zero-order chi connectivity index (χ0) is 16.4. The van der Waals surface area contributed by atoms with E-state index in [1.165, 1.54) is 11.1 Å². The van der Waals surface area contributed by atoms with E-state index < -0.39 is 5.60 Å². The molecule has 23 heavy (non-hydrogen) atoms. The van der Waals surface area contributed by atoms with Crippen molar-refractivity contribution in [3.05, 3.63) is 71.3 Å². The Morgan fingerprint density at radius 1 is 1.09 bits per heavy atom. The van der Waals surface area contributed by atoms with Gasteiger partial charge in [0.25, 0.3) is 0 Å². The molecule has 0 saturated heterocycles. The number of rotatable bonds is 3. The van der Waals surface area contributed by atoms with Crippen molar-refractivity contribution in [3.63, 3.8) is 0 Å². The van der Waals surface area contributed by atoms with Crippen LogP contribution in [0.2, 0.25) is 0 Å². The maximum absolute atomic E-state index is 12.8. The Hall–Kier alpha value is -2.13. The first-order valence-electron chi connectivity index (χ1n) is 8.03. The van der Waals surface area contributed by atoms with Crippen molar-refractivity contribution in [1.82, 2.24) is 4.90 Å². The fourth-order valence-electron chi connectivity index (χ4n) is 3.05.